The molecule has 0 aromatic carbocycles. The average molecular weight is 134 g/mol. The highest BCUT2D eigenvalue weighted by Crippen LogP contribution is 2.16. The lowest BCUT2D eigenvalue weighted by atomic mass is 10.1. The predicted molar refractivity (Wildman–Crippen MR) is 41.4 cm³/mol. The summed E-state index contributed by atoms with van der Waals surface area (Å²) >= 11 is 0. The van der Waals surface area contributed by atoms with Crippen molar-refractivity contribution in [3.63, 3.8) is 0 Å². The molecule has 1 aromatic heterocycles. The number of aryl methyl sites for hydroxylation is 1. The molecule has 1 aromatic rings. The molecule has 0 atom stereocenters. The van der Waals surface area contributed by atoms with Crippen molar-refractivity contribution in [2.45, 2.75) is 13.5 Å². The van der Waals surface area contributed by atoms with Crippen LogP contribution in [0.15, 0.2) is 12.4 Å². The molecule has 2 heterocycles. The summed E-state index contributed by atoms with van der Waals surface area (Å²) in [6.45, 7) is 3.05. The van der Waals surface area contributed by atoms with Gasteiger partial charge >= 0.3 is 0 Å². The first-order valence-corrected chi connectivity index (χ1v) is 3.45. The van der Waals surface area contributed by atoms with Crippen molar-refractivity contribution in [2.75, 3.05) is 0 Å². The second-order valence-electron chi connectivity index (χ2n) is 2.58. The van der Waals surface area contributed by atoms with E-state index in [1.165, 1.54) is 16.8 Å². The summed E-state index contributed by atoms with van der Waals surface area (Å²) in [4.78, 5) is 3.21. The molecule has 0 unspecified atom stereocenters. The fraction of sp³-hybridized carbons (Fsp3) is 0.250. The molecular formula is C8H10N2. The number of fused-ring (bicyclic) bond motifs is 1. The van der Waals surface area contributed by atoms with E-state index >= 15 is 0 Å². The summed E-state index contributed by atoms with van der Waals surface area (Å²) in [7, 11) is 0. The third-order valence-corrected chi connectivity index (χ3v) is 1.86. The Hall–Kier alpha value is -1.18. The molecule has 2 N–H and O–H groups in total. The molecule has 0 spiro atoms. The summed E-state index contributed by atoms with van der Waals surface area (Å²) in [5, 5.41) is 3.14. The van der Waals surface area contributed by atoms with Crippen molar-refractivity contribution in [3.8, 4) is 0 Å². The van der Waals surface area contributed by atoms with Crippen LogP contribution in [0.2, 0.25) is 0 Å². The Bertz CT molecular complexity index is 271. The maximum absolute atomic E-state index is 3.21. The zero-order valence-electron chi connectivity index (χ0n) is 5.94. The minimum absolute atomic E-state index is 0.930. The van der Waals surface area contributed by atoms with Gasteiger partial charge in [-0.1, -0.05) is 0 Å². The summed E-state index contributed by atoms with van der Waals surface area (Å²) in [6, 6.07) is 0. The van der Waals surface area contributed by atoms with Crippen LogP contribution in [0, 0.1) is 6.92 Å². The highest BCUT2D eigenvalue weighted by Gasteiger charge is 2.06. The Morgan fingerprint density at radius 3 is 3.20 bits per heavy atom. The van der Waals surface area contributed by atoms with Gasteiger partial charge in [-0.3, -0.25) is 0 Å². The molecule has 2 nitrogen and oxygen atoms in total. The fourth-order valence-corrected chi connectivity index (χ4v) is 1.27. The molecule has 52 valence electrons. The van der Waals surface area contributed by atoms with Crippen LogP contribution in [0.4, 0.5) is 0 Å². The van der Waals surface area contributed by atoms with E-state index in [4.69, 9.17) is 0 Å². The van der Waals surface area contributed by atoms with Gasteiger partial charge in [-0.25, -0.2) is 0 Å². The first-order valence-electron chi connectivity index (χ1n) is 3.45. The van der Waals surface area contributed by atoms with Crippen LogP contribution in [0.25, 0.3) is 6.08 Å². The number of H-pyrrole nitrogens is 1. The average Bonchev–Trinajstić information content (AvgIpc) is 2.34. The first kappa shape index (κ1) is 5.59. The second kappa shape index (κ2) is 1.90. The summed E-state index contributed by atoms with van der Waals surface area (Å²) in [5.41, 5.74) is 3.96. The topological polar surface area (TPSA) is 27.8 Å². The smallest absolute Gasteiger partial charge is 0.0551 e. The number of hydrogen-bond acceptors (Lipinski definition) is 1. The fourth-order valence-electron chi connectivity index (χ4n) is 1.27. The Labute approximate surface area is 60.0 Å². The van der Waals surface area contributed by atoms with Gasteiger partial charge in [0.1, 0.15) is 0 Å². The van der Waals surface area contributed by atoms with Crippen molar-refractivity contribution in [1.82, 2.24) is 10.3 Å². The van der Waals surface area contributed by atoms with Gasteiger partial charge < -0.3 is 10.3 Å². The molecular weight excluding hydrogens is 124 g/mol. The van der Waals surface area contributed by atoms with E-state index in [0.717, 1.165) is 6.54 Å². The maximum atomic E-state index is 3.21. The van der Waals surface area contributed by atoms with E-state index < -0.39 is 0 Å². The molecule has 10 heavy (non-hydrogen) atoms. The molecule has 0 saturated carbocycles. The quantitative estimate of drug-likeness (QED) is 0.551. The Morgan fingerprint density at radius 1 is 1.50 bits per heavy atom. The van der Waals surface area contributed by atoms with Gasteiger partial charge in [-0.05, 0) is 24.8 Å². The van der Waals surface area contributed by atoms with Gasteiger partial charge in [0.15, 0.2) is 0 Å². The Balaban J connectivity index is 2.57. The van der Waals surface area contributed by atoms with Gasteiger partial charge in [0.25, 0.3) is 0 Å². The van der Waals surface area contributed by atoms with Crippen LogP contribution < -0.4 is 5.32 Å². The van der Waals surface area contributed by atoms with Crippen LogP contribution in [-0.2, 0) is 6.54 Å². The van der Waals surface area contributed by atoms with Crippen LogP contribution in [0.3, 0.4) is 0 Å². The lowest BCUT2D eigenvalue weighted by Gasteiger charge is -2.06. The molecule has 1 aliphatic rings. The van der Waals surface area contributed by atoms with Gasteiger partial charge in [0, 0.05) is 17.5 Å². The maximum Gasteiger partial charge on any atom is 0.0551 e. The van der Waals surface area contributed by atoms with Crippen LogP contribution in [-0.4, -0.2) is 4.98 Å². The van der Waals surface area contributed by atoms with E-state index in [9.17, 15) is 0 Å². The highest BCUT2D eigenvalue weighted by molar-refractivity contribution is 5.57. The Morgan fingerprint density at radius 2 is 2.40 bits per heavy atom. The molecule has 0 saturated heterocycles. The number of aromatic amines is 1. The summed E-state index contributed by atoms with van der Waals surface area (Å²) in [5.74, 6) is 0. The van der Waals surface area contributed by atoms with E-state index in [-0.39, 0.29) is 0 Å². The monoisotopic (exact) mass is 134 g/mol. The SMILES string of the molecule is Cc1c[nH]c2c1C=CNC2. The first-order chi connectivity index (χ1) is 4.88. The van der Waals surface area contributed by atoms with Crippen molar-refractivity contribution in [3.05, 3.63) is 29.2 Å². The molecule has 0 fully saturated rings. The normalized spacial score (nSPS) is 14.5. The minimum Gasteiger partial charge on any atom is -0.385 e. The molecule has 2 rings (SSSR count). The largest absolute Gasteiger partial charge is 0.385 e. The predicted octanol–water partition coefficient (Wildman–Crippen LogP) is 1.40. The van der Waals surface area contributed by atoms with Gasteiger partial charge in [-0.15, -0.1) is 0 Å². The molecule has 0 bridgehead atoms. The molecule has 1 aliphatic heterocycles. The molecule has 0 aliphatic carbocycles. The van der Waals surface area contributed by atoms with E-state index in [1.807, 2.05) is 12.4 Å². The van der Waals surface area contributed by atoms with Crippen LogP contribution in [0.5, 0.6) is 0 Å². The number of aromatic nitrogens is 1. The van der Waals surface area contributed by atoms with Crippen LogP contribution in [0.1, 0.15) is 16.8 Å². The zero-order valence-corrected chi connectivity index (χ0v) is 5.94. The summed E-state index contributed by atoms with van der Waals surface area (Å²) < 4.78 is 0. The van der Waals surface area contributed by atoms with Gasteiger partial charge in [0.2, 0.25) is 0 Å². The summed E-state index contributed by atoms with van der Waals surface area (Å²) in [6.07, 6.45) is 6.13. The Kier molecular flexibility index (Phi) is 1.07. The van der Waals surface area contributed by atoms with E-state index in [1.54, 1.807) is 0 Å². The third kappa shape index (κ3) is 0.652. The number of hydrogen-bond donors (Lipinski definition) is 2. The lowest BCUT2D eigenvalue weighted by molar-refractivity contribution is 0.833. The molecule has 2 heteroatoms. The minimum atomic E-state index is 0.930. The number of nitrogens with one attached hydrogen (secondary N) is 2. The van der Waals surface area contributed by atoms with E-state index in [0.29, 0.717) is 0 Å². The molecule has 0 radical (unpaired) electrons. The number of rotatable bonds is 0. The van der Waals surface area contributed by atoms with Crippen molar-refractivity contribution >= 4 is 6.08 Å². The van der Waals surface area contributed by atoms with Crippen molar-refractivity contribution in [1.29, 1.82) is 0 Å². The highest BCUT2D eigenvalue weighted by atomic mass is 14.9. The van der Waals surface area contributed by atoms with Gasteiger partial charge in [-0.2, -0.15) is 0 Å². The zero-order chi connectivity index (χ0) is 6.97. The second-order valence-corrected chi connectivity index (χ2v) is 2.58. The van der Waals surface area contributed by atoms with Crippen molar-refractivity contribution < 1.29 is 0 Å². The van der Waals surface area contributed by atoms with Gasteiger partial charge in [0.05, 0.1) is 6.54 Å². The lowest BCUT2D eigenvalue weighted by Crippen LogP contribution is -2.09. The molecule has 0 amide bonds. The van der Waals surface area contributed by atoms with Crippen LogP contribution >= 0.6 is 0 Å². The van der Waals surface area contributed by atoms with Crippen molar-refractivity contribution in [2.24, 2.45) is 0 Å². The third-order valence-electron chi connectivity index (χ3n) is 1.86. The van der Waals surface area contributed by atoms with E-state index in [2.05, 4.69) is 23.3 Å². The standard InChI is InChI=1S/C8H10N2/c1-6-4-10-8-5-9-3-2-7(6)8/h2-4,9-10H,5H2,1H3.